The number of benzene rings is 1. The fraction of sp³-hybridized carbons (Fsp3) is 0.625. The summed E-state index contributed by atoms with van der Waals surface area (Å²) in [5.74, 6) is 0. The Morgan fingerprint density at radius 3 is 2.45 bits per heavy atom. The first-order chi connectivity index (χ1) is 9.83. The molecule has 20 heavy (non-hydrogen) atoms. The summed E-state index contributed by atoms with van der Waals surface area (Å²) in [5.41, 5.74) is 1.34. The van der Waals surface area contributed by atoms with Crippen LogP contribution in [0.1, 0.15) is 6.92 Å². The lowest BCUT2D eigenvalue weighted by Crippen LogP contribution is -2.51. The maximum Gasteiger partial charge on any atom is 0.0628 e. The molecular weight excluding hydrogens is 250 g/mol. The monoisotopic (exact) mass is 277 g/mol. The minimum absolute atomic E-state index is 0.438. The van der Waals surface area contributed by atoms with E-state index in [1.165, 1.54) is 5.69 Å². The Labute approximate surface area is 122 Å². The first-order valence-electron chi connectivity index (χ1n) is 7.58. The minimum Gasteiger partial charge on any atom is -0.383 e. The molecule has 1 atom stereocenters. The smallest absolute Gasteiger partial charge is 0.0628 e. The summed E-state index contributed by atoms with van der Waals surface area (Å²) in [4.78, 5) is 5.00. The molecule has 1 fully saturated rings. The van der Waals surface area contributed by atoms with Gasteiger partial charge in [0.05, 0.1) is 6.61 Å². The van der Waals surface area contributed by atoms with Gasteiger partial charge in [0.25, 0.3) is 0 Å². The van der Waals surface area contributed by atoms with E-state index >= 15 is 0 Å². The van der Waals surface area contributed by atoms with Gasteiger partial charge in [-0.1, -0.05) is 25.1 Å². The zero-order chi connectivity index (χ0) is 14.2. The Bertz CT molecular complexity index is 357. The van der Waals surface area contributed by atoms with E-state index in [9.17, 15) is 0 Å². The average molecular weight is 277 g/mol. The standard InChI is InChI=1S/C16H27N3O/c1-3-17-15(14-20-2)13-18-9-11-19(12-10-18)16-7-5-4-6-8-16/h4-8,15,17H,3,9-14H2,1-2H3. The molecule has 0 aromatic heterocycles. The van der Waals surface area contributed by atoms with Crippen molar-refractivity contribution in [1.29, 1.82) is 0 Å². The minimum atomic E-state index is 0.438. The van der Waals surface area contributed by atoms with Crippen LogP contribution >= 0.6 is 0 Å². The third kappa shape index (κ3) is 4.47. The van der Waals surface area contributed by atoms with Crippen molar-refractivity contribution in [1.82, 2.24) is 10.2 Å². The normalized spacial score (nSPS) is 18.2. The van der Waals surface area contributed by atoms with Gasteiger partial charge in [-0.05, 0) is 18.7 Å². The van der Waals surface area contributed by atoms with Crippen molar-refractivity contribution < 1.29 is 4.74 Å². The van der Waals surface area contributed by atoms with Crippen LogP contribution in [0.3, 0.4) is 0 Å². The Morgan fingerprint density at radius 1 is 1.15 bits per heavy atom. The maximum absolute atomic E-state index is 5.29. The van der Waals surface area contributed by atoms with Crippen LogP contribution in [0.2, 0.25) is 0 Å². The van der Waals surface area contributed by atoms with E-state index in [0.29, 0.717) is 6.04 Å². The Hall–Kier alpha value is -1.10. The molecule has 4 nitrogen and oxygen atoms in total. The molecule has 1 N–H and O–H groups in total. The van der Waals surface area contributed by atoms with Crippen LogP contribution in [0.4, 0.5) is 5.69 Å². The first kappa shape index (κ1) is 15.3. The van der Waals surface area contributed by atoms with E-state index in [4.69, 9.17) is 4.74 Å². The Balaban J connectivity index is 1.79. The summed E-state index contributed by atoms with van der Waals surface area (Å²) in [6, 6.07) is 11.1. The van der Waals surface area contributed by atoms with Gasteiger partial charge in [0.1, 0.15) is 0 Å². The third-order valence-electron chi connectivity index (χ3n) is 3.83. The molecule has 4 heteroatoms. The van der Waals surface area contributed by atoms with E-state index in [2.05, 4.69) is 52.4 Å². The van der Waals surface area contributed by atoms with Gasteiger partial charge in [0.2, 0.25) is 0 Å². The number of nitrogens with zero attached hydrogens (tertiary/aromatic N) is 2. The number of hydrogen-bond acceptors (Lipinski definition) is 4. The van der Waals surface area contributed by atoms with Crippen LogP contribution < -0.4 is 10.2 Å². The van der Waals surface area contributed by atoms with Crippen molar-refractivity contribution in [3.05, 3.63) is 30.3 Å². The zero-order valence-corrected chi connectivity index (χ0v) is 12.7. The van der Waals surface area contributed by atoms with Crippen molar-refractivity contribution in [2.24, 2.45) is 0 Å². The molecule has 0 amide bonds. The number of ether oxygens (including phenoxy) is 1. The summed E-state index contributed by atoms with van der Waals surface area (Å²) in [5, 5.41) is 3.49. The number of rotatable bonds is 7. The van der Waals surface area contributed by atoms with Gasteiger partial charge in [-0.3, -0.25) is 4.90 Å². The number of piperazine rings is 1. The molecule has 1 aromatic rings. The number of para-hydroxylation sites is 1. The zero-order valence-electron chi connectivity index (χ0n) is 12.7. The van der Waals surface area contributed by atoms with Crippen LogP contribution in [0.15, 0.2) is 30.3 Å². The van der Waals surface area contributed by atoms with E-state index in [-0.39, 0.29) is 0 Å². The highest BCUT2D eigenvalue weighted by atomic mass is 16.5. The molecule has 2 rings (SSSR count). The second-order valence-electron chi connectivity index (χ2n) is 5.33. The molecule has 1 heterocycles. The van der Waals surface area contributed by atoms with E-state index < -0.39 is 0 Å². The highest BCUT2D eigenvalue weighted by Gasteiger charge is 2.19. The van der Waals surface area contributed by atoms with Gasteiger partial charge >= 0.3 is 0 Å². The van der Waals surface area contributed by atoms with Gasteiger partial charge in [-0.2, -0.15) is 0 Å². The molecule has 0 spiro atoms. The number of likely N-dealkylation sites (N-methyl/N-ethyl adjacent to an activating group) is 1. The van der Waals surface area contributed by atoms with Crippen molar-refractivity contribution in [3.8, 4) is 0 Å². The van der Waals surface area contributed by atoms with Gasteiger partial charge in [-0.25, -0.2) is 0 Å². The molecule has 0 saturated carbocycles. The summed E-state index contributed by atoms with van der Waals surface area (Å²) >= 11 is 0. The molecule has 0 bridgehead atoms. The second-order valence-corrected chi connectivity index (χ2v) is 5.33. The van der Waals surface area contributed by atoms with Crippen LogP contribution in [-0.2, 0) is 4.74 Å². The molecule has 1 saturated heterocycles. The molecular formula is C16H27N3O. The summed E-state index contributed by atoms with van der Waals surface area (Å²) in [6.45, 7) is 9.47. The largest absolute Gasteiger partial charge is 0.383 e. The number of methoxy groups -OCH3 is 1. The van der Waals surface area contributed by atoms with Crippen molar-refractivity contribution in [3.63, 3.8) is 0 Å². The van der Waals surface area contributed by atoms with E-state index in [1.807, 2.05) is 0 Å². The number of anilines is 1. The lowest BCUT2D eigenvalue weighted by molar-refractivity contribution is 0.136. The molecule has 0 radical (unpaired) electrons. The third-order valence-corrected chi connectivity index (χ3v) is 3.83. The summed E-state index contributed by atoms with van der Waals surface area (Å²) in [7, 11) is 1.78. The number of hydrogen-bond donors (Lipinski definition) is 1. The van der Waals surface area contributed by atoms with Gasteiger partial charge in [0, 0.05) is 51.6 Å². The molecule has 0 aliphatic carbocycles. The number of nitrogens with one attached hydrogen (secondary N) is 1. The fourth-order valence-corrected chi connectivity index (χ4v) is 2.81. The predicted octanol–water partition coefficient (Wildman–Crippen LogP) is 1.43. The molecule has 1 aliphatic rings. The van der Waals surface area contributed by atoms with Crippen LogP contribution in [0.25, 0.3) is 0 Å². The molecule has 112 valence electrons. The van der Waals surface area contributed by atoms with Crippen molar-refractivity contribution in [2.75, 3.05) is 57.9 Å². The van der Waals surface area contributed by atoms with Crippen molar-refractivity contribution in [2.45, 2.75) is 13.0 Å². The maximum atomic E-state index is 5.29. The Morgan fingerprint density at radius 2 is 1.85 bits per heavy atom. The van der Waals surface area contributed by atoms with Gasteiger partial charge in [0.15, 0.2) is 0 Å². The van der Waals surface area contributed by atoms with E-state index in [0.717, 1.165) is 45.9 Å². The van der Waals surface area contributed by atoms with E-state index in [1.54, 1.807) is 7.11 Å². The summed E-state index contributed by atoms with van der Waals surface area (Å²) < 4.78 is 5.29. The second kappa shape index (κ2) is 8.25. The topological polar surface area (TPSA) is 27.7 Å². The fourth-order valence-electron chi connectivity index (χ4n) is 2.81. The van der Waals surface area contributed by atoms with Gasteiger partial charge in [-0.15, -0.1) is 0 Å². The summed E-state index contributed by atoms with van der Waals surface area (Å²) in [6.07, 6.45) is 0. The first-order valence-corrected chi connectivity index (χ1v) is 7.58. The highest BCUT2D eigenvalue weighted by molar-refractivity contribution is 5.46. The van der Waals surface area contributed by atoms with Crippen molar-refractivity contribution >= 4 is 5.69 Å². The Kier molecular flexibility index (Phi) is 6.30. The van der Waals surface area contributed by atoms with Crippen LogP contribution in [0, 0.1) is 0 Å². The predicted molar refractivity (Wildman–Crippen MR) is 84.4 cm³/mol. The lowest BCUT2D eigenvalue weighted by atomic mass is 10.2. The van der Waals surface area contributed by atoms with Crippen LogP contribution in [-0.4, -0.2) is 63.9 Å². The quantitative estimate of drug-likeness (QED) is 0.816. The van der Waals surface area contributed by atoms with Crippen LogP contribution in [0.5, 0.6) is 0 Å². The highest BCUT2D eigenvalue weighted by Crippen LogP contribution is 2.15. The van der Waals surface area contributed by atoms with Gasteiger partial charge < -0.3 is 15.0 Å². The molecule has 1 aliphatic heterocycles. The molecule has 1 unspecified atom stereocenters. The molecule has 1 aromatic carbocycles. The SMILES string of the molecule is CCNC(COC)CN1CCN(c2ccccc2)CC1. The average Bonchev–Trinajstić information content (AvgIpc) is 2.49. The lowest BCUT2D eigenvalue weighted by Gasteiger charge is -2.37.